The molecule has 0 aliphatic rings. The third-order valence-electron chi connectivity index (χ3n) is 3.15. The van der Waals surface area contributed by atoms with Gasteiger partial charge in [-0.3, -0.25) is 4.79 Å². The van der Waals surface area contributed by atoms with Gasteiger partial charge >= 0.3 is 0 Å². The highest BCUT2D eigenvalue weighted by Crippen LogP contribution is 2.16. The van der Waals surface area contributed by atoms with Crippen LogP contribution in [0.4, 0.5) is 0 Å². The summed E-state index contributed by atoms with van der Waals surface area (Å²) in [5, 5.41) is 2.83. The van der Waals surface area contributed by atoms with E-state index in [9.17, 15) is 13.2 Å². The Morgan fingerprint density at radius 1 is 1.27 bits per heavy atom. The van der Waals surface area contributed by atoms with Gasteiger partial charge in [-0.25, -0.2) is 8.42 Å². The molecule has 2 aromatic rings. The van der Waals surface area contributed by atoms with Crippen LogP contribution >= 0.6 is 0 Å². The number of hydrogen-bond donors (Lipinski definition) is 1. The molecular weight excluding hydrogens is 302 g/mol. The molecule has 0 bridgehead atoms. The van der Waals surface area contributed by atoms with Crippen molar-refractivity contribution in [3.05, 3.63) is 59.0 Å². The minimum Gasteiger partial charge on any atom is -0.464 e. The number of hydrogen-bond acceptors (Lipinski definition) is 4. The fraction of sp³-hybridized carbons (Fsp3) is 0.312. The van der Waals surface area contributed by atoms with E-state index in [1.165, 1.54) is 6.26 Å². The zero-order valence-corrected chi connectivity index (χ0v) is 13.6. The highest BCUT2D eigenvalue weighted by atomic mass is 32.2. The van der Waals surface area contributed by atoms with Crippen LogP contribution in [-0.4, -0.2) is 20.6 Å². The topological polar surface area (TPSA) is 76.4 Å². The number of benzene rings is 1. The van der Waals surface area contributed by atoms with Crippen LogP contribution < -0.4 is 5.32 Å². The maximum absolute atomic E-state index is 12.3. The number of aryl methyl sites for hydroxylation is 1. The third kappa shape index (κ3) is 4.46. The molecule has 22 heavy (non-hydrogen) atoms. The van der Waals surface area contributed by atoms with E-state index in [4.69, 9.17) is 4.42 Å². The molecule has 0 saturated heterocycles. The normalized spacial score (nSPS) is 12.9. The molecule has 1 heterocycles. The van der Waals surface area contributed by atoms with Crippen LogP contribution in [0.1, 0.15) is 40.4 Å². The van der Waals surface area contributed by atoms with Gasteiger partial charge in [-0.2, -0.15) is 0 Å². The monoisotopic (exact) mass is 321 g/mol. The Balaban J connectivity index is 2.11. The van der Waals surface area contributed by atoms with Crippen LogP contribution in [-0.2, 0) is 15.6 Å². The van der Waals surface area contributed by atoms with Gasteiger partial charge < -0.3 is 9.73 Å². The van der Waals surface area contributed by atoms with Gasteiger partial charge in [0.05, 0.1) is 11.8 Å². The first-order valence-corrected chi connectivity index (χ1v) is 8.94. The number of amides is 1. The van der Waals surface area contributed by atoms with Crippen molar-refractivity contribution in [1.29, 1.82) is 0 Å². The molecule has 1 N–H and O–H groups in total. The first-order chi connectivity index (χ1) is 10.2. The van der Waals surface area contributed by atoms with Crippen molar-refractivity contribution >= 4 is 15.7 Å². The lowest BCUT2D eigenvalue weighted by molar-refractivity contribution is 0.0935. The average Bonchev–Trinajstić information content (AvgIpc) is 2.84. The fourth-order valence-corrected chi connectivity index (χ4v) is 2.93. The average molecular weight is 321 g/mol. The molecule has 0 fully saturated rings. The highest BCUT2D eigenvalue weighted by Gasteiger charge is 2.15. The first-order valence-electron chi connectivity index (χ1n) is 6.88. The van der Waals surface area contributed by atoms with Crippen molar-refractivity contribution in [2.24, 2.45) is 0 Å². The molecule has 5 nitrogen and oxygen atoms in total. The highest BCUT2D eigenvalue weighted by molar-refractivity contribution is 7.89. The molecule has 0 aliphatic carbocycles. The van der Waals surface area contributed by atoms with Gasteiger partial charge in [0, 0.05) is 11.8 Å². The molecule has 1 unspecified atom stereocenters. The molecular formula is C16H19NO4S. The van der Waals surface area contributed by atoms with Crippen molar-refractivity contribution in [3.8, 4) is 0 Å². The SMILES string of the molecule is Cc1ccc(C(C)NC(=O)c2cccc(CS(C)(=O)=O)c2)o1. The molecule has 1 aromatic heterocycles. The summed E-state index contributed by atoms with van der Waals surface area (Å²) in [6.45, 7) is 3.67. The Morgan fingerprint density at radius 2 is 2.00 bits per heavy atom. The predicted octanol–water partition coefficient (Wildman–Crippen LogP) is 2.62. The zero-order valence-electron chi connectivity index (χ0n) is 12.8. The van der Waals surface area contributed by atoms with Gasteiger partial charge in [0.1, 0.15) is 11.5 Å². The number of rotatable bonds is 5. The lowest BCUT2D eigenvalue weighted by atomic mass is 10.1. The summed E-state index contributed by atoms with van der Waals surface area (Å²) in [6, 6.07) is 10.0. The molecule has 2 rings (SSSR count). The summed E-state index contributed by atoms with van der Waals surface area (Å²) >= 11 is 0. The Labute approximate surface area is 130 Å². The van der Waals surface area contributed by atoms with Crippen LogP contribution in [0.3, 0.4) is 0 Å². The van der Waals surface area contributed by atoms with Gasteiger partial charge in [0.25, 0.3) is 5.91 Å². The fourth-order valence-electron chi connectivity index (χ4n) is 2.14. The number of carbonyl (C=O) groups excluding carboxylic acids is 1. The standard InChI is InChI=1S/C16H19NO4S/c1-11-7-8-15(21-11)12(2)17-16(18)14-6-4-5-13(9-14)10-22(3,19)20/h4-9,12H,10H2,1-3H3,(H,17,18). The molecule has 0 aliphatic heterocycles. The van der Waals surface area contributed by atoms with E-state index >= 15 is 0 Å². The maximum atomic E-state index is 12.3. The van der Waals surface area contributed by atoms with E-state index < -0.39 is 9.84 Å². The molecule has 1 amide bonds. The summed E-state index contributed by atoms with van der Waals surface area (Å²) in [6.07, 6.45) is 1.17. The molecule has 118 valence electrons. The van der Waals surface area contributed by atoms with Crippen molar-refractivity contribution in [2.75, 3.05) is 6.26 Å². The second-order valence-corrected chi connectivity index (χ2v) is 7.55. The second-order valence-electron chi connectivity index (χ2n) is 5.41. The minimum atomic E-state index is -3.13. The molecule has 0 spiro atoms. The number of carbonyl (C=O) groups is 1. The van der Waals surface area contributed by atoms with Crippen molar-refractivity contribution < 1.29 is 17.6 Å². The Hall–Kier alpha value is -2.08. The van der Waals surface area contributed by atoms with Crippen molar-refractivity contribution in [3.63, 3.8) is 0 Å². The molecule has 1 aromatic carbocycles. The summed E-state index contributed by atoms with van der Waals surface area (Å²) in [7, 11) is -3.13. The summed E-state index contributed by atoms with van der Waals surface area (Å²) in [5.41, 5.74) is 1.02. The van der Waals surface area contributed by atoms with Crippen molar-refractivity contribution in [1.82, 2.24) is 5.32 Å². The molecule has 0 radical (unpaired) electrons. The summed E-state index contributed by atoms with van der Waals surface area (Å²) < 4.78 is 28.1. The minimum absolute atomic E-state index is 0.0823. The van der Waals surface area contributed by atoms with Crippen LogP contribution in [0.25, 0.3) is 0 Å². The number of sulfone groups is 1. The van der Waals surface area contributed by atoms with Gasteiger partial charge in [-0.15, -0.1) is 0 Å². The van der Waals surface area contributed by atoms with Gasteiger partial charge in [-0.05, 0) is 43.7 Å². The Bertz CT molecular complexity index is 777. The van der Waals surface area contributed by atoms with Crippen LogP contribution in [0.5, 0.6) is 0 Å². The molecule has 1 atom stereocenters. The molecule has 0 saturated carbocycles. The van der Waals surface area contributed by atoms with E-state index in [1.807, 2.05) is 26.0 Å². The lowest BCUT2D eigenvalue weighted by Gasteiger charge is -2.12. The van der Waals surface area contributed by atoms with E-state index in [-0.39, 0.29) is 17.7 Å². The zero-order chi connectivity index (χ0) is 16.3. The summed E-state index contributed by atoms with van der Waals surface area (Å²) in [5.74, 6) is 1.11. The number of furan rings is 1. The van der Waals surface area contributed by atoms with Crippen molar-refractivity contribution in [2.45, 2.75) is 25.6 Å². The third-order valence-corrected chi connectivity index (χ3v) is 4.01. The maximum Gasteiger partial charge on any atom is 0.251 e. The Morgan fingerprint density at radius 3 is 2.59 bits per heavy atom. The van der Waals surface area contributed by atoms with E-state index in [1.54, 1.807) is 24.3 Å². The molecule has 6 heteroatoms. The Kier molecular flexibility index (Phi) is 4.71. The van der Waals surface area contributed by atoms with Crippen LogP contribution in [0, 0.1) is 6.92 Å². The van der Waals surface area contributed by atoms with Gasteiger partial charge in [-0.1, -0.05) is 12.1 Å². The van der Waals surface area contributed by atoms with Gasteiger partial charge in [0.15, 0.2) is 9.84 Å². The van der Waals surface area contributed by atoms with Crippen LogP contribution in [0.2, 0.25) is 0 Å². The summed E-state index contributed by atoms with van der Waals surface area (Å²) in [4.78, 5) is 12.3. The van der Waals surface area contributed by atoms with E-state index in [0.717, 1.165) is 5.76 Å². The second kappa shape index (κ2) is 6.36. The first kappa shape index (κ1) is 16.3. The number of nitrogens with one attached hydrogen (secondary N) is 1. The lowest BCUT2D eigenvalue weighted by Crippen LogP contribution is -2.26. The van der Waals surface area contributed by atoms with Gasteiger partial charge in [0.2, 0.25) is 0 Å². The van der Waals surface area contributed by atoms with Crippen LogP contribution in [0.15, 0.2) is 40.8 Å². The smallest absolute Gasteiger partial charge is 0.251 e. The van der Waals surface area contributed by atoms with E-state index in [0.29, 0.717) is 16.9 Å². The largest absolute Gasteiger partial charge is 0.464 e. The quantitative estimate of drug-likeness (QED) is 0.918. The van der Waals surface area contributed by atoms with E-state index in [2.05, 4.69) is 5.32 Å². The predicted molar refractivity (Wildman–Crippen MR) is 84.3 cm³/mol.